The van der Waals surface area contributed by atoms with Gasteiger partial charge < -0.3 is 10.2 Å². The van der Waals surface area contributed by atoms with E-state index in [2.05, 4.69) is 49.8 Å². The van der Waals surface area contributed by atoms with Gasteiger partial charge >= 0.3 is 0 Å². The van der Waals surface area contributed by atoms with Crippen LogP contribution in [0, 0.1) is 3.57 Å². The minimum atomic E-state index is -0.274. The van der Waals surface area contributed by atoms with Gasteiger partial charge in [0.25, 0.3) is 5.91 Å². The Balaban J connectivity index is 1.58. The van der Waals surface area contributed by atoms with Gasteiger partial charge in [-0.1, -0.05) is 18.5 Å². The Morgan fingerprint density at radius 2 is 1.96 bits per heavy atom. The van der Waals surface area contributed by atoms with Crippen LogP contribution in [0.4, 0.5) is 5.69 Å². The van der Waals surface area contributed by atoms with Crippen molar-refractivity contribution in [1.29, 1.82) is 0 Å². The van der Waals surface area contributed by atoms with Gasteiger partial charge in [-0.25, -0.2) is 9.67 Å². The number of carbonyl (C=O) groups is 1. The fourth-order valence-corrected chi connectivity index (χ4v) is 4.23. The number of likely N-dealkylation sites (tertiary alicyclic amines) is 1. The molecule has 0 saturated carbocycles. The molecule has 1 saturated heterocycles. The lowest BCUT2D eigenvalue weighted by Crippen LogP contribution is -2.34. The fourth-order valence-electron chi connectivity index (χ4n) is 3.60. The number of nitrogens with zero attached hydrogens (tertiary/aromatic N) is 4. The summed E-state index contributed by atoms with van der Waals surface area (Å²) in [6.45, 7) is 5.39. The van der Waals surface area contributed by atoms with Gasteiger partial charge in [0.05, 0.1) is 28.2 Å². The van der Waals surface area contributed by atoms with Crippen LogP contribution in [0.5, 0.6) is 0 Å². The minimum Gasteiger partial charge on any atom is -0.322 e. The van der Waals surface area contributed by atoms with Crippen LogP contribution in [0.15, 0.2) is 36.7 Å². The number of anilines is 1. The number of hydrogen-bond acceptors (Lipinski definition) is 4. The monoisotopic (exact) mass is 509 g/mol. The van der Waals surface area contributed by atoms with Crippen molar-refractivity contribution in [3.05, 3.63) is 50.8 Å². The van der Waals surface area contributed by atoms with Crippen LogP contribution in [0.1, 0.15) is 36.2 Å². The van der Waals surface area contributed by atoms with Gasteiger partial charge in [-0.3, -0.25) is 4.79 Å². The highest BCUT2D eigenvalue weighted by Crippen LogP contribution is 2.30. The number of halogens is 2. The van der Waals surface area contributed by atoms with E-state index < -0.39 is 0 Å². The summed E-state index contributed by atoms with van der Waals surface area (Å²) in [6.07, 6.45) is 5.35. The minimum absolute atomic E-state index is 0.274. The zero-order chi connectivity index (χ0) is 19.7. The molecule has 6 nitrogen and oxygen atoms in total. The third-order valence-electron chi connectivity index (χ3n) is 5.25. The Kier molecular flexibility index (Phi) is 5.84. The highest BCUT2D eigenvalue weighted by Gasteiger charge is 2.24. The van der Waals surface area contributed by atoms with Gasteiger partial charge in [0, 0.05) is 28.5 Å². The zero-order valence-electron chi connectivity index (χ0n) is 15.5. The van der Waals surface area contributed by atoms with Gasteiger partial charge in [0.2, 0.25) is 0 Å². The molecule has 0 radical (unpaired) electrons. The van der Waals surface area contributed by atoms with E-state index in [1.54, 1.807) is 12.4 Å². The van der Waals surface area contributed by atoms with Crippen molar-refractivity contribution in [2.45, 2.75) is 25.8 Å². The molecule has 1 aromatic carbocycles. The Morgan fingerprint density at radius 1 is 1.25 bits per heavy atom. The molecule has 4 rings (SSSR count). The summed E-state index contributed by atoms with van der Waals surface area (Å²) in [5, 5.41) is 8.53. The number of fused-ring (bicyclic) bond motifs is 1. The summed E-state index contributed by atoms with van der Waals surface area (Å²) in [4.78, 5) is 19.6. The average molecular weight is 510 g/mol. The van der Waals surface area contributed by atoms with Crippen molar-refractivity contribution >= 4 is 56.8 Å². The summed E-state index contributed by atoms with van der Waals surface area (Å²) in [6, 6.07) is 7.91. The third kappa shape index (κ3) is 3.88. The maximum Gasteiger partial charge on any atom is 0.258 e. The van der Waals surface area contributed by atoms with Crippen LogP contribution in [0.3, 0.4) is 0 Å². The number of benzene rings is 1. The molecule has 1 fully saturated rings. The number of rotatable bonds is 4. The molecule has 28 heavy (non-hydrogen) atoms. The molecule has 0 aliphatic carbocycles. The molecule has 3 aromatic rings. The molecule has 8 heteroatoms. The number of pyridine rings is 1. The van der Waals surface area contributed by atoms with Gasteiger partial charge in [0.15, 0.2) is 5.65 Å². The van der Waals surface area contributed by atoms with Crippen LogP contribution in [0.25, 0.3) is 11.0 Å². The Hall–Kier alpha value is -1.71. The second kappa shape index (κ2) is 8.34. The first-order valence-electron chi connectivity index (χ1n) is 9.37. The van der Waals surface area contributed by atoms with Crippen LogP contribution >= 0.6 is 34.2 Å². The molecule has 0 unspecified atom stereocenters. The Bertz CT molecular complexity index is 996. The number of carbonyl (C=O) groups excluding carboxylic acids is 1. The standard InChI is InChI=1S/C20H21ClIN5O/c1-2-26-9-7-15(8-10-26)27-19-16(12-24-27)18(21)17(11-23-19)20(28)25-14-5-3-13(22)4-6-14/h3-6,11-12,15H,2,7-10H2,1H3,(H,25,28). The van der Waals surface area contributed by atoms with Gasteiger partial charge in [-0.05, 0) is 66.2 Å². The Labute approximate surface area is 182 Å². The molecule has 0 bridgehead atoms. The SMILES string of the molecule is CCN1CCC(n2ncc3c(Cl)c(C(=O)Nc4ccc(I)cc4)cnc32)CC1. The smallest absolute Gasteiger partial charge is 0.258 e. The molecular weight excluding hydrogens is 489 g/mol. The predicted octanol–water partition coefficient (Wildman–Crippen LogP) is 4.60. The van der Waals surface area contributed by atoms with Crippen molar-refractivity contribution in [2.75, 3.05) is 25.0 Å². The molecule has 2 aromatic heterocycles. The van der Waals surface area contributed by atoms with Crippen LogP contribution in [-0.2, 0) is 0 Å². The van der Waals surface area contributed by atoms with E-state index >= 15 is 0 Å². The molecule has 1 aliphatic rings. The molecule has 1 amide bonds. The first-order chi connectivity index (χ1) is 13.6. The second-order valence-electron chi connectivity index (χ2n) is 6.94. The number of amides is 1. The number of piperidine rings is 1. The van der Waals surface area contributed by atoms with Crippen LogP contribution in [-0.4, -0.2) is 45.2 Å². The maximum absolute atomic E-state index is 12.7. The van der Waals surface area contributed by atoms with Crippen molar-refractivity contribution in [2.24, 2.45) is 0 Å². The van der Waals surface area contributed by atoms with E-state index in [0.29, 0.717) is 16.6 Å². The molecule has 1 N–H and O–H groups in total. The van der Waals surface area contributed by atoms with Gasteiger partial charge in [-0.2, -0.15) is 5.10 Å². The summed E-state index contributed by atoms with van der Waals surface area (Å²) in [5.74, 6) is -0.274. The first-order valence-corrected chi connectivity index (χ1v) is 10.8. The number of nitrogens with one attached hydrogen (secondary N) is 1. The molecule has 0 atom stereocenters. The second-order valence-corrected chi connectivity index (χ2v) is 8.56. The summed E-state index contributed by atoms with van der Waals surface area (Å²) in [7, 11) is 0. The topological polar surface area (TPSA) is 63.1 Å². The zero-order valence-corrected chi connectivity index (χ0v) is 18.4. The van der Waals surface area contributed by atoms with Gasteiger partial charge in [0.1, 0.15) is 0 Å². The van der Waals surface area contributed by atoms with Crippen molar-refractivity contribution in [3.63, 3.8) is 0 Å². The van der Waals surface area contributed by atoms with E-state index in [1.165, 1.54) is 0 Å². The first kappa shape index (κ1) is 19.6. The molecule has 3 heterocycles. The van der Waals surface area contributed by atoms with E-state index in [-0.39, 0.29) is 5.91 Å². The average Bonchev–Trinajstić information content (AvgIpc) is 3.15. The third-order valence-corrected chi connectivity index (χ3v) is 6.38. The quantitative estimate of drug-likeness (QED) is 0.522. The predicted molar refractivity (Wildman–Crippen MR) is 120 cm³/mol. The fraction of sp³-hybridized carbons (Fsp3) is 0.350. The Morgan fingerprint density at radius 3 is 2.64 bits per heavy atom. The van der Waals surface area contributed by atoms with Gasteiger partial charge in [-0.15, -0.1) is 0 Å². The summed E-state index contributed by atoms with van der Waals surface area (Å²) >= 11 is 8.79. The summed E-state index contributed by atoms with van der Waals surface area (Å²) in [5.41, 5.74) is 1.82. The lowest BCUT2D eigenvalue weighted by molar-refractivity contribution is 0.102. The van der Waals surface area contributed by atoms with Crippen LogP contribution < -0.4 is 5.32 Å². The largest absolute Gasteiger partial charge is 0.322 e. The molecular formula is C20H21ClIN5O. The highest BCUT2D eigenvalue weighted by atomic mass is 127. The lowest BCUT2D eigenvalue weighted by Gasteiger charge is -2.31. The molecule has 1 aliphatic heterocycles. The number of aromatic nitrogens is 3. The van der Waals surface area contributed by atoms with Crippen LogP contribution in [0.2, 0.25) is 5.02 Å². The molecule has 0 spiro atoms. The van der Waals surface area contributed by atoms with E-state index in [4.69, 9.17) is 11.6 Å². The van der Waals surface area contributed by atoms with Crippen molar-refractivity contribution in [3.8, 4) is 0 Å². The summed E-state index contributed by atoms with van der Waals surface area (Å²) < 4.78 is 3.07. The maximum atomic E-state index is 12.7. The van der Waals surface area contributed by atoms with E-state index in [0.717, 1.165) is 52.8 Å². The van der Waals surface area contributed by atoms with E-state index in [1.807, 2.05) is 28.9 Å². The number of hydrogen-bond donors (Lipinski definition) is 1. The van der Waals surface area contributed by atoms with Crippen molar-refractivity contribution in [1.82, 2.24) is 19.7 Å². The van der Waals surface area contributed by atoms with Crippen molar-refractivity contribution < 1.29 is 4.79 Å². The molecule has 146 valence electrons. The lowest BCUT2D eigenvalue weighted by atomic mass is 10.1. The van der Waals surface area contributed by atoms with E-state index in [9.17, 15) is 4.79 Å². The highest BCUT2D eigenvalue weighted by molar-refractivity contribution is 14.1. The normalized spacial score (nSPS) is 15.8.